The molecule has 2 fully saturated rings. The summed E-state index contributed by atoms with van der Waals surface area (Å²) in [4.78, 5) is 4.75. The van der Waals surface area contributed by atoms with E-state index in [9.17, 15) is 0 Å². The van der Waals surface area contributed by atoms with Gasteiger partial charge >= 0.3 is 0 Å². The van der Waals surface area contributed by atoms with E-state index in [4.69, 9.17) is 10.7 Å². The summed E-state index contributed by atoms with van der Waals surface area (Å²) in [6.07, 6.45) is 7.71. The van der Waals surface area contributed by atoms with Crippen LogP contribution in [0.25, 0.3) is 0 Å². The summed E-state index contributed by atoms with van der Waals surface area (Å²) in [5, 5.41) is 3.43. The molecule has 0 aromatic heterocycles. The average molecular weight is 397 g/mol. The lowest BCUT2D eigenvalue weighted by Crippen LogP contribution is -2.41. The summed E-state index contributed by atoms with van der Waals surface area (Å²) < 4.78 is 0. The van der Waals surface area contributed by atoms with Gasteiger partial charge in [-0.25, -0.2) is 4.99 Å². The second kappa shape index (κ2) is 6.15. The predicted octanol–water partition coefficient (Wildman–Crippen LogP) is 3.18. The number of halogens is 1. The maximum atomic E-state index is 6.11. The minimum Gasteiger partial charge on any atom is -0.370 e. The Hall–Kier alpha value is -0.780. The summed E-state index contributed by atoms with van der Waals surface area (Å²) >= 11 is 0. The fourth-order valence-electron chi connectivity index (χ4n) is 4.15. The fourth-order valence-corrected chi connectivity index (χ4v) is 4.15. The molecule has 3 aliphatic rings. The van der Waals surface area contributed by atoms with E-state index in [1.54, 1.807) is 0 Å². The van der Waals surface area contributed by atoms with Gasteiger partial charge in [-0.05, 0) is 36.3 Å². The van der Waals surface area contributed by atoms with Gasteiger partial charge in [-0.15, -0.1) is 24.0 Å². The SMILES string of the molecule is I.NC(=NC1C2Cc3ccccc3C21)NC1CCCCC1. The third-order valence-electron chi connectivity index (χ3n) is 5.24. The van der Waals surface area contributed by atoms with E-state index in [-0.39, 0.29) is 24.0 Å². The van der Waals surface area contributed by atoms with E-state index >= 15 is 0 Å². The van der Waals surface area contributed by atoms with Crippen molar-refractivity contribution in [2.24, 2.45) is 16.6 Å². The zero-order chi connectivity index (χ0) is 13.5. The van der Waals surface area contributed by atoms with Gasteiger partial charge in [0.1, 0.15) is 0 Å². The lowest BCUT2D eigenvalue weighted by molar-refractivity contribution is 0.412. The summed E-state index contributed by atoms with van der Waals surface area (Å²) in [7, 11) is 0. The highest BCUT2D eigenvalue weighted by Crippen LogP contribution is 2.58. The minimum absolute atomic E-state index is 0. The molecule has 0 amide bonds. The molecule has 0 bridgehead atoms. The van der Waals surface area contributed by atoms with Gasteiger partial charge in [-0.3, -0.25) is 0 Å². The zero-order valence-electron chi connectivity index (χ0n) is 12.3. The number of fused-ring (bicyclic) bond motifs is 3. The highest BCUT2D eigenvalue weighted by Gasteiger charge is 2.55. The molecule has 3 atom stereocenters. The molecule has 0 radical (unpaired) electrons. The van der Waals surface area contributed by atoms with Gasteiger partial charge < -0.3 is 11.1 Å². The van der Waals surface area contributed by atoms with Gasteiger partial charge in [0.15, 0.2) is 5.96 Å². The largest absolute Gasteiger partial charge is 0.370 e. The van der Waals surface area contributed by atoms with E-state index in [0.29, 0.717) is 29.9 Å². The van der Waals surface area contributed by atoms with Crippen LogP contribution in [-0.4, -0.2) is 18.0 Å². The van der Waals surface area contributed by atoms with Crippen molar-refractivity contribution < 1.29 is 0 Å². The summed E-state index contributed by atoms with van der Waals surface area (Å²) in [5.74, 6) is 2.02. The monoisotopic (exact) mass is 397 g/mol. The molecule has 21 heavy (non-hydrogen) atoms. The Bertz CT molecular complexity index is 537. The quantitative estimate of drug-likeness (QED) is 0.458. The van der Waals surface area contributed by atoms with E-state index in [2.05, 4.69) is 29.6 Å². The number of hydrogen-bond donors (Lipinski definition) is 2. The van der Waals surface area contributed by atoms with Crippen LogP contribution in [0, 0.1) is 5.92 Å². The van der Waals surface area contributed by atoms with Gasteiger partial charge in [-0.2, -0.15) is 0 Å². The van der Waals surface area contributed by atoms with Gasteiger partial charge in [0.2, 0.25) is 0 Å². The highest BCUT2D eigenvalue weighted by atomic mass is 127. The van der Waals surface area contributed by atoms with E-state index in [1.165, 1.54) is 49.7 Å². The molecule has 1 aromatic rings. The van der Waals surface area contributed by atoms with Crippen LogP contribution >= 0.6 is 24.0 Å². The fraction of sp³-hybridized carbons (Fsp3) is 0.588. The van der Waals surface area contributed by atoms with Gasteiger partial charge in [0.25, 0.3) is 0 Å². The molecule has 114 valence electrons. The van der Waals surface area contributed by atoms with E-state index in [0.717, 1.165) is 0 Å². The zero-order valence-corrected chi connectivity index (χ0v) is 14.6. The summed E-state index contributed by atoms with van der Waals surface area (Å²) in [6.45, 7) is 0. The van der Waals surface area contributed by atoms with Crippen molar-refractivity contribution in [1.82, 2.24) is 5.32 Å². The molecule has 0 saturated heterocycles. The Morgan fingerprint density at radius 1 is 1.14 bits per heavy atom. The lowest BCUT2D eigenvalue weighted by atomic mass is 9.96. The van der Waals surface area contributed by atoms with Crippen LogP contribution in [-0.2, 0) is 6.42 Å². The molecular weight excluding hydrogens is 373 g/mol. The average Bonchev–Trinajstić information content (AvgIpc) is 2.97. The molecule has 3 nitrogen and oxygen atoms in total. The van der Waals surface area contributed by atoms with Crippen LogP contribution in [0.1, 0.15) is 49.1 Å². The van der Waals surface area contributed by atoms with Crippen molar-refractivity contribution in [3.63, 3.8) is 0 Å². The number of nitrogens with zero attached hydrogens (tertiary/aromatic N) is 1. The molecule has 0 spiro atoms. The third-order valence-corrected chi connectivity index (χ3v) is 5.24. The first kappa shape index (κ1) is 15.1. The number of guanidine groups is 1. The Morgan fingerprint density at radius 3 is 2.71 bits per heavy atom. The van der Waals surface area contributed by atoms with Crippen molar-refractivity contribution in [1.29, 1.82) is 0 Å². The smallest absolute Gasteiger partial charge is 0.189 e. The first-order chi connectivity index (χ1) is 9.83. The Kier molecular flexibility index (Phi) is 4.43. The van der Waals surface area contributed by atoms with Crippen LogP contribution < -0.4 is 11.1 Å². The molecule has 0 heterocycles. The van der Waals surface area contributed by atoms with Gasteiger partial charge in [0.05, 0.1) is 6.04 Å². The Labute approximate surface area is 143 Å². The van der Waals surface area contributed by atoms with E-state index in [1.807, 2.05) is 0 Å². The van der Waals surface area contributed by atoms with Gasteiger partial charge in [0, 0.05) is 12.0 Å². The standard InChI is InChI=1S/C17H23N3.HI/c18-17(19-12-7-2-1-3-8-12)20-16-14-10-11-6-4-5-9-13(11)15(14)16;/h4-6,9,12,14-16H,1-3,7-8,10H2,(H3,18,19,20);1H. The van der Waals surface area contributed by atoms with E-state index < -0.39 is 0 Å². The first-order valence-electron chi connectivity index (χ1n) is 8.00. The molecular formula is C17H24IN3. The molecule has 3 unspecified atom stereocenters. The van der Waals surface area contributed by atoms with Crippen molar-refractivity contribution >= 4 is 29.9 Å². The minimum atomic E-state index is 0. The van der Waals surface area contributed by atoms with Crippen LogP contribution in [0.15, 0.2) is 29.3 Å². The number of nitrogens with two attached hydrogens (primary N) is 1. The number of nitrogens with one attached hydrogen (secondary N) is 1. The molecule has 4 heteroatoms. The number of hydrogen-bond acceptors (Lipinski definition) is 1. The molecule has 2 saturated carbocycles. The molecule has 1 aromatic carbocycles. The predicted molar refractivity (Wildman–Crippen MR) is 97.2 cm³/mol. The lowest BCUT2D eigenvalue weighted by Gasteiger charge is -2.23. The van der Waals surface area contributed by atoms with Crippen LogP contribution in [0.4, 0.5) is 0 Å². The molecule has 3 aliphatic carbocycles. The maximum Gasteiger partial charge on any atom is 0.189 e. The van der Waals surface area contributed by atoms with Crippen LogP contribution in [0.3, 0.4) is 0 Å². The van der Waals surface area contributed by atoms with Gasteiger partial charge in [-0.1, -0.05) is 43.5 Å². The number of benzene rings is 1. The highest BCUT2D eigenvalue weighted by molar-refractivity contribution is 14.0. The first-order valence-corrected chi connectivity index (χ1v) is 8.00. The normalized spacial score (nSPS) is 31.0. The molecule has 3 N–H and O–H groups in total. The van der Waals surface area contributed by atoms with Crippen LogP contribution in [0.2, 0.25) is 0 Å². The number of rotatable bonds is 2. The van der Waals surface area contributed by atoms with Crippen molar-refractivity contribution in [2.75, 3.05) is 0 Å². The number of aliphatic imine (C=N–C) groups is 1. The second-order valence-electron chi connectivity index (χ2n) is 6.58. The van der Waals surface area contributed by atoms with Crippen molar-refractivity contribution in [3.8, 4) is 0 Å². The molecule has 0 aliphatic heterocycles. The Balaban J connectivity index is 0.00000132. The van der Waals surface area contributed by atoms with Crippen molar-refractivity contribution in [2.45, 2.75) is 56.5 Å². The topological polar surface area (TPSA) is 50.4 Å². The summed E-state index contributed by atoms with van der Waals surface area (Å²) in [6, 6.07) is 9.79. The maximum absolute atomic E-state index is 6.11. The second-order valence-corrected chi connectivity index (χ2v) is 6.58. The third kappa shape index (κ3) is 2.91. The van der Waals surface area contributed by atoms with Crippen LogP contribution in [0.5, 0.6) is 0 Å². The van der Waals surface area contributed by atoms with Crippen molar-refractivity contribution in [3.05, 3.63) is 35.4 Å². The molecule has 4 rings (SSSR count). The Morgan fingerprint density at radius 2 is 1.90 bits per heavy atom. The summed E-state index contributed by atoms with van der Waals surface area (Å²) in [5.41, 5.74) is 9.14.